The third-order valence-electron chi connectivity index (χ3n) is 2.80. The number of nitro benzene ring substituents is 1. The van der Waals surface area contributed by atoms with Crippen LogP contribution in [0, 0.1) is 10.1 Å². The summed E-state index contributed by atoms with van der Waals surface area (Å²) in [7, 11) is 0. The maximum Gasteiger partial charge on any atom is 0.276 e. The molecule has 0 aliphatic carbocycles. The lowest BCUT2D eigenvalue weighted by Gasteiger charge is -2.11. The van der Waals surface area contributed by atoms with Crippen molar-refractivity contribution in [2.75, 3.05) is 6.54 Å². The first kappa shape index (κ1) is 14.1. The highest BCUT2D eigenvalue weighted by molar-refractivity contribution is 7.80. The number of nitrogens with zero attached hydrogens (tertiary/aromatic N) is 2. The average Bonchev–Trinajstić information content (AvgIpc) is 2.67. The van der Waals surface area contributed by atoms with Crippen LogP contribution in [0.5, 0.6) is 0 Å². The van der Waals surface area contributed by atoms with Crippen LogP contribution in [0.3, 0.4) is 0 Å². The van der Waals surface area contributed by atoms with Crippen LogP contribution >= 0.6 is 12.2 Å². The van der Waals surface area contributed by atoms with E-state index in [2.05, 4.69) is 5.32 Å². The highest BCUT2D eigenvalue weighted by Crippen LogP contribution is 2.18. The third kappa shape index (κ3) is 2.83. The molecule has 1 saturated heterocycles. The van der Waals surface area contributed by atoms with E-state index in [4.69, 9.17) is 12.2 Å². The average molecular weight is 291 g/mol. The predicted octanol–water partition coefficient (Wildman–Crippen LogP) is 2.06. The van der Waals surface area contributed by atoms with E-state index >= 15 is 0 Å². The second kappa shape index (κ2) is 5.79. The molecule has 0 radical (unpaired) electrons. The van der Waals surface area contributed by atoms with Gasteiger partial charge in [0, 0.05) is 18.7 Å². The number of rotatable bonds is 4. The Morgan fingerprint density at radius 1 is 1.50 bits per heavy atom. The minimum absolute atomic E-state index is 0.0159. The zero-order valence-corrected chi connectivity index (χ0v) is 11.6. The van der Waals surface area contributed by atoms with Crippen molar-refractivity contribution in [2.24, 2.45) is 0 Å². The van der Waals surface area contributed by atoms with E-state index in [1.54, 1.807) is 18.2 Å². The topological polar surface area (TPSA) is 75.5 Å². The smallest absolute Gasteiger partial charge is 0.276 e. The summed E-state index contributed by atoms with van der Waals surface area (Å²) >= 11 is 5.09. The van der Waals surface area contributed by atoms with Gasteiger partial charge < -0.3 is 5.32 Å². The molecule has 1 aliphatic rings. The Bertz CT molecular complexity index is 613. The molecule has 6 nitrogen and oxygen atoms in total. The zero-order chi connectivity index (χ0) is 14.7. The van der Waals surface area contributed by atoms with Gasteiger partial charge in [0.05, 0.1) is 4.92 Å². The number of nitro groups is 1. The molecule has 1 aliphatic heterocycles. The molecule has 7 heteroatoms. The van der Waals surface area contributed by atoms with Gasteiger partial charge in [-0.3, -0.25) is 19.8 Å². The Morgan fingerprint density at radius 2 is 2.25 bits per heavy atom. The van der Waals surface area contributed by atoms with E-state index in [1.807, 2.05) is 6.92 Å². The SMILES string of the molecule is CCCN1C(=O)/C(=C/c2cccc([N+](=O)[O-])c2)NC1=S. The number of carbonyl (C=O) groups is 1. The molecule has 1 heterocycles. The molecule has 0 saturated carbocycles. The molecule has 2 rings (SSSR count). The van der Waals surface area contributed by atoms with Crippen molar-refractivity contribution in [3.8, 4) is 0 Å². The summed E-state index contributed by atoms with van der Waals surface area (Å²) in [5, 5.41) is 13.9. The Labute approximate surface area is 121 Å². The number of nitrogens with one attached hydrogen (secondary N) is 1. The Kier molecular flexibility index (Phi) is 4.09. The fourth-order valence-corrected chi connectivity index (χ4v) is 2.18. The van der Waals surface area contributed by atoms with Crippen LogP contribution in [0.1, 0.15) is 18.9 Å². The number of hydrogen-bond donors (Lipinski definition) is 1. The van der Waals surface area contributed by atoms with E-state index in [0.29, 0.717) is 22.9 Å². The van der Waals surface area contributed by atoms with Crippen molar-refractivity contribution in [3.63, 3.8) is 0 Å². The van der Waals surface area contributed by atoms with Gasteiger partial charge in [0.1, 0.15) is 5.70 Å². The van der Waals surface area contributed by atoms with Crippen LogP contribution in [0.4, 0.5) is 5.69 Å². The number of carbonyl (C=O) groups excluding carboxylic acids is 1. The summed E-state index contributed by atoms with van der Waals surface area (Å²) in [6.45, 7) is 2.51. The van der Waals surface area contributed by atoms with Crippen molar-refractivity contribution < 1.29 is 9.72 Å². The second-order valence-corrected chi connectivity index (χ2v) is 4.68. The minimum atomic E-state index is -0.472. The highest BCUT2D eigenvalue weighted by atomic mass is 32.1. The first-order chi connectivity index (χ1) is 9.52. The van der Waals surface area contributed by atoms with Crippen molar-refractivity contribution in [1.82, 2.24) is 10.2 Å². The molecule has 1 aromatic rings. The number of thiocarbonyl (C=S) groups is 1. The van der Waals surface area contributed by atoms with Crippen molar-refractivity contribution in [2.45, 2.75) is 13.3 Å². The van der Waals surface area contributed by atoms with E-state index in [0.717, 1.165) is 6.42 Å². The van der Waals surface area contributed by atoms with Crippen molar-refractivity contribution >= 4 is 35.0 Å². The monoisotopic (exact) mass is 291 g/mol. The zero-order valence-electron chi connectivity index (χ0n) is 10.8. The molecular weight excluding hydrogens is 278 g/mol. The molecule has 1 N–H and O–H groups in total. The minimum Gasteiger partial charge on any atom is -0.328 e. The number of amides is 1. The first-order valence-electron chi connectivity index (χ1n) is 6.12. The lowest BCUT2D eigenvalue weighted by Crippen LogP contribution is -2.31. The van der Waals surface area contributed by atoms with Crippen LogP contribution < -0.4 is 5.32 Å². The van der Waals surface area contributed by atoms with Crippen LogP contribution in [-0.4, -0.2) is 27.4 Å². The van der Waals surface area contributed by atoms with E-state index in [9.17, 15) is 14.9 Å². The van der Waals surface area contributed by atoms with Crippen molar-refractivity contribution in [1.29, 1.82) is 0 Å². The van der Waals surface area contributed by atoms with Gasteiger partial charge in [-0.1, -0.05) is 19.1 Å². The Hall–Kier alpha value is -2.28. The van der Waals surface area contributed by atoms with Gasteiger partial charge in [-0.2, -0.15) is 0 Å². The van der Waals surface area contributed by atoms with E-state index in [1.165, 1.54) is 17.0 Å². The molecule has 1 fully saturated rings. The molecular formula is C13H13N3O3S. The summed E-state index contributed by atoms with van der Waals surface area (Å²) in [6, 6.07) is 6.08. The van der Waals surface area contributed by atoms with Crippen LogP contribution in [-0.2, 0) is 4.79 Å². The summed E-state index contributed by atoms with van der Waals surface area (Å²) < 4.78 is 0. The normalized spacial score (nSPS) is 16.6. The van der Waals surface area contributed by atoms with Gasteiger partial charge in [0.25, 0.3) is 11.6 Å². The standard InChI is InChI=1S/C13H13N3O3S/c1-2-6-15-12(17)11(14-13(15)20)8-9-4-3-5-10(7-9)16(18)19/h3-5,7-8H,2,6H2,1H3,(H,14,20)/b11-8-. The Balaban J connectivity index is 2.28. The largest absolute Gasteiger partial charge is 0.328 e. The lowest BCUT2D eigenvalue weighted by molar-refractivity contribution is -0.384. The quantitative estimate of drug-likeness (QED) is 0.398. The van der Waals surface area contributed by atoms with Gasteiger partial charge in [0.15, 0.2) is 5.11 Å². The van der Waals surface area contributed by atoms with Crippen LogP contribution in [0.25, 0.3) is 6.08 Å². The highest BCUT2D eigenvalue weighted by Gasteiger charge is 2.29. The fourth-order valence-electron chi connectivity index (χ4n) is 1.89. The number of hydrogen-bond acceptors (Lipinski definition) is 4. The summed E-state index contributed by atoms with van der Waals surface area (Å²) in [6.07, 6.45) is 2.37. The van der Waals surface area contributed by atoms with Gasteiger partial charge in [0.2, 0.25) is 0 Å². The van der Waals surface area contributed by atoms with E-state index < -0.39 is 4.92 Å². The predicted molar refractivity (Wildman–Crippen MR) is 78.8 cm³/mol. The van der Waals surface area contributed by atoms with Crippen molar-refractivity contribution in [3.05, 3.63) is 45.6 Å². The molecule has 0 aromatic heterocycles. The summed E-state index contributed by atoms with van der Waals surface area (Å²) in [5.41, 5.74) is 0.901. The summed E-state index contributed by atoms with van der Waals surface area (Å²) in [5.74, 6) is -0.205. The molecule has 0 atom stereocenters. The lowest BCUT2D eigenvalue weighted by atomic mass is 10.1. The molecule has 0 spiro atoms. The van der Waals surface area contributed by atoms with E-state index in [-0.39, 0.29) is 11.6 Å². The van der Waals surface area contributed by atoms with Gasteiger partial charge in [-0.25, -0.2) is 0 Å². The number of non-ortho nitro benzene ring substituents is 1. The molecule has 0 bridgehead atoms. The maximum atomic E-state index is 12.1. The van der Waals surface area contributed by atoms with Gasteiger partial charge in [-0.15, -0.1) is 0 Å². The van der Waals surface area contributed by atoms with Gasteiger partial charge >= 0.3 is 0 Å². The molecule has 20 heavy (non-hydrogen) atoms. The summed E-state index contributed by atoms with van der Waals surface area (Å²) in [4.78, 5) is 23.8. The van der Waals surface area contributed by atoms with Crippen LogP contribution in [0.2, 0.25) is 0 Å². The van der Waals surface area contributed by atoms with Gasteiger partial charge in [-0.05, 0) is 30.3 Å². The molecule has 1 amide bonds. The third-order valence-corrected chi connectivity index (χ3v) is 3.12. The second-order valence-electron chi connectivity index (χ2n) is 4.30. The maximum absolute atomic E-state index is 12.1. The molecule has 0 unspecified atom stereocenters. The number of benzene rings is 1. The Morgan fingerprint density at radius 3 is 2.90 bits per heavy atom. The fraction of sp³-hybridized carbons (Fsp3) is 0.231. The molecule has 1 aromatic carbocycles. The molecule has 104 valence electrons. The van der Waals surface area contributed by atoms with Crippen LogP contribution in [0.15, 0.2) is 30.0 Å². The first-order valence-corrected chi connectivity index (χ1v) is 6.52.